The molecule has 8 heteroatoms. The van der Waals surface area contributed by atoms with E-state index < -0.39 is 18.1 Å². The summed E-state index contributed by atoms with van der Waals surface area (Å²) in [6.07, 6.45) is 2.33. The molecule has 8 nitrogen and oxygen atoms in total. The Balaban J connectivity index is 2.08. The Morgan fingerprint density at radius 2 is 2.28 bits per heavy atom. The Labute approximate surface area is 101 Å². The van der Waals surface area contributed by atoms with Crippen LogP contribution in [0.25, 0.3) is 11.2 Å². The van der Waals surface area contributed by atoms with Crippen LogP contribution in [0.2, 0.25) is 0 Å². The van der Waals surface area contributed by atoms with Crippen molar-refractivity contribution in [1.29, 1.82) is 0 Å². The molecule has 3 N–H and O–H groups in total. The number of β-amino-alcohol motifs (C(OH)–C–C–N with tert-alkyl or cyclic N) is 1. The molecular formula is C10H11N5O3. The van der Waals surface area contributed by atoms with Gasteiger partial charge in [0, 0.05) is 13.0 Å². The number of aliphatic hydroxyl groups is 1. The minimum absolute atomic E-state index is 0.189. The van der Waals surface area contributed by atoms with Gasteiger partial charge < -0.3 is 20.1 Å². The van der Waals surface area contributed by atoms with E-state index >= 15 is 0 Å². The summed E-state index contributed by atoms with van der Waals surface area (Å²) >= 11 is 0. The molecule has 18 heavy (non-hydrogen) atoms. The normalized spacial score (nSPS) is 23.7. The molecule has 0 saturated carbocycles. The van der Waals surface area contributed by atoms with Gasteiger partial charge in [-0.15, -0.1) is 0 Å². The van der Waals surface area contributed by atoms with Crippen molar-refractivity contribution in [3.63, 3.8) is 0 Å². The lowest BCUT2D eigenvalue weighted by atomic mass is 10.2. The highest BCUT2D eigenvalue weighted by molar-refractivity contribution is 5.87. The molecule has 2 aromatic heterocycles. The second-order valence-electron chi connectivity index (χ2n) is 4.19. The summed E-state index contributed by atoms with van der Waals surface area (Å²) in [5.41, 5.74) is 1.06. The lowest BCUT2D eigenvalue weighted by Gasteiger charge is -2.22. The number of carbonyl (C=O) groups is 1. The van der Waals surface area contributed by atoms with Gasteiger partial charge in [-0.1, -0.05) is 0 Å². The molecule has 1 saturated heterocycles. The van der Waals surface area contributed by atoms with Gasteiger partial charge in [0.05, 0.1) is 12.4 Å². The summed E-state index contributed by atoms with van der Waals surface area (Å²) in [6.45, 7) is 0.238. The number of nitrogens with one attached hydrogen (secondary N) is 1. The Kier molecular flexibility index (Phi) is 2.37. The second-order valence-corrected chi connectivity index (χ2v) is 4.19. The average molecular weight is 249 g/mol. The van der Waals surface area contributed by atoms with Crippen LogP contribution in [0.3, 0.4) is 0 Å². The van der Waals surface area contributed by atoms with E-state index in [0.29, 0.717) is 17.0 Å². The number of hydrogen-bond acceptors (Lipinski definition) is 6. The third-order valence-electron chi connectivity index (χ3n) is 3.04. The summed E-state index contributed by atoms with van der Waals surface area (Å²) < 4.78 is 0. The van der Waals surface area contributed by atoms with Crippen LogP contribution in [-0.2, 0) is 4.79 Å². The molecule has 1 aliphatic heterocycles. The number of imidazole rings is 1. The number of H-pyrrole nitrogens is 1. The Bertz CT molecular complexity index is 598. The number of fused-ring (bicyclic) bond motifs is 1. The molecule has 0 radical (unpaired) electrons. The smallest absolute Gasteiger partial charge is 0.326 e. The van der Waals surface area contributed by atoms with Gasteiger partial charge in [0.15, 0.2) is 11.5 Å². The second kappa shape index (κ2) is 3.91. The molecular weight excluding hydrogens is 238 g/mol. The molecule has 2 atom stereocenters. The molecule has 1 aliphatic rings. The van der Waals surface area contributed by atoms with Gasteiger partial charge in [-0.05, 0) is 0 Å². The zero-order valence-corrected chi connectivity index (χ0v) is 9.32. The fourth-order valence-electron chi connectivity index (χ4n) is 2.25. The van der Waals surface area contributed by atoms with Crippen molar-refractivity contribution in [2.75, 3.05) is 11.4 Å². The van der Waals surface area contributed by atoms with Gasteiger partial charge in [0.2, 0.25) is 0 Å². The number of hydrogen-bond donors (Lipinski definition) is 3. The van der Waals surface area contributed by atoms with Crippen LogP contribution in [0.4, 0.5) is 5.82 Å². The lowest BCUT2D eigenvalue weighted by Crippen LogP contribution is -2.36. The third-order valence-corrected chi connectivity index (χ3v) is 3.04. The van der Waals surface area contributed by atoms with Gasteiger partial charge in [-0.3, -0.25) is 0 Å². The van der Waals surface area contributed by atoms with Crippen LogP contribution < -0.4 is 4.90 Å². The van der Waals surface area contributed by atoms with E-state index in [2.05, 4.69) is 19.9 Å². The molecule has 0 amide bonds. The molecule has 94 valence electrons. The van der Waals surface area contributed by atoms with Crippen molar-refractivity contribution in [3.8, 4) is 0 Å². The monoisotopic (exact) mass is 249 g/mol. The molecule has 0 aliphatic carbocycles. The predicted octanol–water partition coefficient (Wildman–Crippen LogP) is -0.623. The first-order valence-electron chi connectivity index (χ1n) is 5.48. The zero-order valence-electron chi connectivity index (χ0n) is 9.32. The van der Waals surface area contributed by atoms with Gasteiger partial charge in [0.1, 0.15) is 17.9 Å². The number of rotatable bonds is 2. The highest BCUT2D eigenvalue weighted by Crippen LogP contribution is 2.28. The quantitative estimate of drug-likeness (QED) is 0.649. The van der Waals surface area contributed by atoms with Crippen molar-refractivity contribution >= 4 is 23.0 Å². The number of aromatic nitrogens is 4. The highest BCUT2D eigenvalue weighted by atomic mass is 16.4. The number of nitrogens with zero attached hydrogens (tertiary/aromatic N) is 4. The zero-order chi connectivity index (χ0) is 12.7. The predicted molar refractivity (Wildman–Crippen MR) is 61.1 cm³/mol. The molecule has 0 spiro atoms. The molecule has 0 bridgehead atoms. The topological polar surface area (TPSA) is 115 Å². The minimum Gasteiger partial charge on any atom is -0.480 e. The van der Waals surface area contributed by atoms with Crippen molar-refractivity contribution in [2.45, 2.75) is 18.6 Å². The van der Waals surface area contributed by atoms with Crippen molar-refractivity contribution in [3.05, 3.63) is 12.7 Å². The van der Waals surface area contributed by atoms with Crippen LogP contribution in [0, 0.1) is 0 Å². The lowest BCUT2D eigenvalue weighted by molar-refractivity contribution is -0.138. The number of aromatic amines is 1. The maximum absolute atomic E-state index is 11.2. The van der Waals surface area contributed by atoms with E-state index in [1.807, 2.05) is 0 Å². The molecule has 0 unspecified atom stereocenters. The van der Waals surface area contributed by atoms with E-state index in [9.17, 15) is 9.90 Å². The fourth-order valence-corrected chi connectivity index (χ4v) is 2.25. The van der Waals surface area contributed by atoms with Crippen molar-refractivity contribution in [2.24, 2.45) is 0 Å². The minimum atomic E-state index is -0.974. The first kappa shape index (κ1) is 10.9. The summed E-state index contributed by atoms with van der Waals surface area (Å²) in [6, 6.07) is -0.776. The summed E-state index contributed by atoms with van der Waals surface area (Å²) in [4.78, 5) is 27.7. The molecule has 3 rings (SSSR count). The third kappa shape index (κ3) is 1.58. The van der Waals surface area contributed by atoms with Crippen molar-refractivity contribution in [1.82, 2.24) is 19.9 Å². The summed E-state index contributed by atoms with van der Waals surface area (Å²) in [5.74, 6) is -0.515. The van der Waals surface area contributed by atoms with Gasteiger partial charge in [0.25, 0.3) is 0 Å². The maximum Gasteiger partial charge on any atom is 0.326 e. The Morgan fingerprint density at radius 3 is 3.06 bits per heavy atom. The van der Waals surface area contributed by atoms with E-state index in [0.717, 1.165) is 0 Å². The van der Waals surface area contributed by atoms with Gasteiger partial charge in [-0.2, -0.15) is 0 Å². The van der Waals surface area contributed by atoms with Crippen LogP contribution >= 0.6 is 0 Å². The number of aliphatic hydroxyl groups excluding tert-OH is 1. The van der Waals surface area contributed by atoms with E-state index in [1.54, 1.807) is 4.90 Å². The number of aliphatic carboxylic acids is 1. The number of anilines is 1. The van der Waals surface area contributed by atoms with Crippen LogP contribution in [0.15, 0.2) is 12.7 Å². The van der Waals surface area contributed by atoms with Gasteiger partial charge in [-0.25, -0.2) is 19.7 Å². The maximum atomic E-state index is 11.2. The Hall–Kier alpha value is -2.22. The summed E-state index contributed by atoms with van der Waals surface area (Å²) in [5, 5.41) is 18.8. The van der Waals surface area contributed by atoms with Crippen LogP contribution in [-0.4, -0.2) is 54.8 Å². The first-order valence-corrected chi connectivity index (χ1v) is 5.48. The Morgan fingerprint density at radius 1 is 1.44 bits per heavy atom. The van der Waals surface area contributed by atoms with Gasteiger partial charge >= 0.3 is 5.97 Å². The standard InChI is InChI=1S/C10H11N5O3/c16-5-1-6(10(17)18)15(2-5)9-7-8(12-3-11-7)13-4-14-9/h3-6,16H,1-2H2,(H,17,18)(H,11,12,13,14)/t5-,6+/m1/s1. The summed E-state index contributed by atoms with van der Waals surface area (Å²) in [7, 11) is 0. The highest BCUT2D eigenvalue weighted by Gasteiger charge is 2.37. The molecule has 1 fully saturated rings. The van der Waals surface area contributed by atoms with E-state index in [1.165, 1.54) is 12.7 Å². The SMILES string of the molecule is O=C(O)[C@@H]1C[C@@H](O)CN1c1ncnc2nc[nH]c12. The van der Waals surface area contributed by atoms with Crippen molar-refractivity contribution < 1.29 is 15.0 Å². The number of carboxylic acid groups (broad SMARTS) is 1. The first-order chi connectivity index (χ1) is 8.66. The van der Waals surface area contributed by atoms with Crippen LogP contribution in [0.5, 0.6) is 0 Å². The fraction of sp³-hybridized carbons (Fsp3) is 0.400. The molecule has 0 aromatic carbocycles. The number of carboxylic acids is 1. The molecule has 2 aromatic rings. The van der Waals surface area contributed by atoms with E-state index in [4.69, 9.17) is 5.11 Å². The molecule has 3 heterocycles. The average Bonchev–Trinajstić information content (AvgIpc) is 2.94. The largest absolute Gasteiger partial charge is 0.480 e. The van der Waals surface area contributed by atoms with E-state index in [-0.39, 0.29) is 13.0 Å². The van der Waals surface area contributed by atoms with Crippen LogP contribution in [0.1, 0.15) is 6.42 Å².